The first kappa shape index (κ1) is 20.3. The molecule has 1 saturated carbocycles. The molecule has 1 unspecified atom stereocenters. The summed E-state index contributed by atoms with van der Waals surface area (Å²) < 4.78 is 8.04. The summed E-state index contributed by atoms with van der Waals surface area (Å²) in [5.41, 5.74) is 2.94. The van der Waals surface area contributed by atoms with Crippen LogP contribution in [0.5, 0.6) is 5.75 Å². The summed E-state index contributed by atoms with van der Waals surface area (Å²) in [5, 5.41) is 6.66. The molecular formula is C25H31N3O2. The molecule has 2 aromatic rings. The fraction of sp³-hybridized carbons (Fsp3) is 0.400. The summed E-state index contributed by atoms with van der Waals surface area (Å²) in [5.74, 6) is 1.62. The van der Waals surface area contributed by atoms with Crippen LogP contribution in [0.3, 0.4) is 0 Å². The topological polar surface area (TPSA) is 55.3 Å². The van der Waals surface area contributed by atoms with E-state index in [-0.39, 0.29) is 5.56 Å². The normalized spacial score (nSPS) is 21.9. The van der Waals surface area contributed by atoms with E-state index in [1.807, 2.05) is 25.3 Å². The zero-order valence-electron chi connectivity index (χ0n) is 18.0. The number of pyridine rings is 1. The van der Waals surface area contributed by atoms with E-state index in [1.165, 1.54) is 19.3 Å². The van der Waals surface area contributed by atoms with Crippen molar-refractivity contribution in [1.82, 2.24) is 15.2 Å². The molecule has 1 saturated heterocycles. The maximum Gasteiger partial charge on any atom is 0.253 e. The van der Waals surface area contributed by atoms with Gasteiger partial charge in [0.2, 0.25) is 0 Å². The van der Waals surface area contributed by atoms with Crippen molar-refractivity contribution < 1.29 is 4.74 Å². The van der Waals surface area contributed by atoms with Gasteiger partial charge in [-0.05, 0) is 68.9 Å². The molecule has 2 heterocycles. The minimum atomic E-state index is -0.664. The Morgan fingerprint density at radius 1 is 1.13 bits per heavy atom. The Morgan fingerprint density at radius 3 is 2.57 bits per heavy atom. The average molecular weight is 406 g/mol. The number of aromatic nitrogens is 1. The van der Waals surface area contributed by atoms with Crippen molar-refractivity contribution in [1.29, 1.82) is 0 Å². The maximum atomic E-state index is 12.7. The summed E-state index contributed by atoms with van der Waals surface area (Å²) in [6.45, 7) is 12.6. The Hall–Kier alpha value is -2.95. The smallest absolute Gasteiger partial charge is 0.253 e. The Kier molecular flexibility index (Phi) is 5.46. The Balaban J connectivity index is 1.68. The second-order valence-corrected chi connectivity index (χ2v) is 8.59. The molecule has 30 heavy (non-hydrogen) atoms. The van der Waals surface area contributed by atoms with Gasteiger partial charge >= 0.3 is 0 Å². The van der Waals surface area contributed by atoms with Crippen molar-refractivity contribution >= 4 is 0 Å². The highest BCUT2D eigenvalue weighted by Gasteiger charge is 2.41. The highest BCUT2D eigenvalue weighted by Crippen LogP contribution is 2.37. The highest BCUT2D eigenvalue weighted by molar-refractivity contribution is 5.45. The molecule has 4 rings (SSSR count). The first-order chi connectivity index (χ1) is 14.4. The zero-order chi connectivity index (χ0) is 21.3. The van der Waals surface area contributed by atoms with Crippen LogP contribution < -0.4 is 20.9 Å². The molecule has 1 aliphatic carbocycles. The Bertz CT molecular complexity index is 1030. The molecule has 2 N–H and O–H groups in total. The number of aryl methyl sites for hydroxylation is 2. The number of benzene rings is 1. The molecule has 0 amide bonds. The van der Waals surface area contributed by atoms with Crippen molar-refractivity contribution in [3.8, 4) is 5.75 Å². The minimum Gasteiger partial charge on any atom is -0.490 e. The monoisotopic (exact) mass is 405 g/mol. The van der Waals surface area contributed by atoms with Gasteiger partial charge in [-0.1, -0.05) is 31.7 Å². The van der Waals surface area contributed by atoms with Gasteiger partial charge in [0.15, 0.2) is 0 Å². The van der Waals surface area contributed by atoms with Crippen LogP contribution in [-0.4, -0.2) is 10.7 Å². The second-order valence-electron chi connectivity index (χ2n) is 8.59. The van der Waals surface area contributed by atoms with Crippen LogP contribution in [0.1, 0.15) is 48.8 Å². The van der Waals surface area contributed by atoms with Gasteiger partial charge in [0.05, 0.1) is 18.5 Å². The highest BCUT2D eigenvalue weighted by atomic mass is 16.5. The van der Waals surface area contributed by atoms with Gasteiger partial charge in [-0.2, -0.15) is 0 Å². The number of nitrogens with zero attached hydrogens (tertiary/aromatic N) is 1. The van der Waals surface area contributed by atoms with Gasteiger partial charge in [-0.3, -0.25) is 4.79 Å². The van der Waals surface area contributed by atoms with Crippen LogP contribution in [0.25, 0.3) is 0 Å². The third-order valence-electron chi connectivity index (χ3n) is 6.31. The van der Waals surface area contributed by atoms with Crippen LogP contribution in [0.2, 0.25) is 0 Å². The average Bonchev–Trinajstić information content (AvgIpc) is 3.01. The quantitative estimate of drug-likeness (QED) is 0.781. The van der Waals surface area contributed by atoms with E-state index in [2.05, 4.69) is 48.9 Å². The SMILES string of the molecule is C=C1NC(=C)C(Cn2cccc(C)c2=O)(c2ccc(OC3CCCCC3)c(C)c2)N1. The van der Waals surface area contributed by atoms with Gasteiger partial charge in [0.1, 0.15) is 11.3 Å². The van der Waals surface area contributed by atoms with Gasteiger partial charge in [-0.25, -0.2) is 0 Å². The van der Waals surface area contributed by atoms with E-state index in [4.69, 9.17) is 4.74 Å². The minimum absolute atomic E-state index is 0.00189. The molecule has 5 nitrogen and oxygen atoms in total. The molecule has 1 aromatic heterocycles. The van der Waals surface area contributed by atoms with Crippen molar-refractivity contribution in [2.24, 2.45) is 0 Å². The predicted molar refractivity (Wildman–Crippen MR) is 120 cm³/mol. The van der Waals surface area contributed by atoms with Gasteiger partial charge in [0.25, 0.3) is 5.56 Å². The zero-order valence-corrected chi connectivity index (χ0v) is 18.0. The molecule has 0 spiro atoms. The van der Waals surface area contributed by atoms with Gasteiger partial charge in [0, 0.05) is 17.5 Å². The number of ether oxygens (including phenoxy) is 1. The molecule has 0 bridgehead atoms. The molecule has 2 aliphatic rings. The van der Waals surface area contributed by atoms with Gasteiger partial charge in [-0.15, -0.1) is 0 Å². The number of hydrogen-bond acceptors (Lipinski definition) is 4. The summed E-state index contributed by atoms with van der Waals surface area (Å²) in [6, 6.07) is 10.00. The third kappa shape index (κ3) is 3.76. The van der Waals surface area contributed by atoms with E-state index in [0.29, 0.717) is 18.5 Å². The lowest BCUT2D eigenvalue weighted by Crippen LogP contribution is -2.44. The first-order valence-corrected chi connectivity index (χ1v) is 10.8. The summed E-state index contributed by atoms with van der Waals surface area (Å²) >= 11 is 0. The number of hydrogen-bond donors (Lipinski definition) is 2. The fourth-order valence-electron chi connectivity index (χ4n) is 4.57. The second kappa shape index (κ2) is 8.05. The predicted octanol–water partition coefficient (Wildman–Crippen LogP) is 4.25. The molecule has 5 heteroatoms. The van der Waals surface area contributed by atoms with Crippen molar-refractivity contribution in [2.45, 2.75) is 64.1 Å². The lowest BCUT2D eigenvalue weighted by Gasteiger charge is -2.32. The first-order valence-electron chi connectivity index (χ1n) is 10.8. The lowest BCUT2D eigenvalue weighted by molar-refractivity contribution is 0.154. The van der Waals surface area contributed by atoms with Crippen LogP contribution in [-0.2, 0) is 12.1 Å². The fourth-order valence-corrected chi connectivity index (χ4v) is 4.57. The molecular weight excluding hydrogens is 374 g/mol. The summed E-state index contributed by atoms with van der Waals surface area (Å²) in [6.07, 6.45) is 8.18. The van der Waals surface area contributed by atoms with Crippen LogP contribution >= 0.6 is 0 Å². The molecule has 1 atom stereocenters. The molecule has 1 aliphatic heterocycles. The Morgan fingerprint density at radius 2 is 1.90 bits per heavy atom. The lowest BCUT2D eigenvalue weighted by atomic mass is 9.86. The van der Waals surface area contributed by atoms with E-state index in [9.17, 15) is 4.79 Å². The molecule has 0 radical (unpaired) electrons. The van der Waals surface area contributed by atoms with Crippen molar-refractivity contribution in [3.05, 3.63) is 88.2 Å². The van der Waals surface area contributed by atoms with Gasteiger partial charge < -0.3 is 19.9 Å². The Labute approximate surface area is 178 Å². The summed E-state index contributed by atoms with van der Waals surface area (Å²) in [7, 11) is 0. The van der Waals surface area contributed by atoms with Crippen LogP contribution in [0, 0.1) is 13.8 Å². The molecule has 2 fully saturated rings. The third-order valence-corrected chi connectivity index (χ3v) is 6.31. The standard InChI is InChI=1S/C25H31N3O2/c1-17-9-8-14-28(24(17)29)16-25(19(3)26-20(4)27-25)21-12-13-23(18(2)15-21)30-22-10-6-5-7-11-22/h8-9,12-15,22,26-27H,3-7,10-11,16H2,1-2H3. The van der Waals surface area contributed by atoms with Crippen LogP contribution in [0.15, 0.2) is 66.0 Å². The van der Waals surface area contributed by atoms with Crippen molar-refractivity contribution in [3.63, 3.8) is 0 Å². The number of rotatable bonds is 5. The van der Waals surface area contributed by atoms with E-state index in [1.54, 1.807) is 4.57 Å². The van der Waals surface area contributed by atoms with E-state index >= 15 is 0 Å². The van der Waals surface area contributed by atoms with E-state index in [0.717, 1.165) is 41.0 Å². The molecule has 158 valence electrons. The largest absolute Gasteiger partial charge is 0.490 e. The van der Waals surface area contributed by atoms with Crippen LogP contribution in [0.4, 0.5) is 0 Å². The number of nitrogens with one attached hydrogen (secondary N) is 2. The maximum absolute atomic E-state index is 12.7. The summed E-state index contributed by atoms with van der Waals surface area (Å²) in [4.78, 5) is 12.7. The molecule has 1 aromatic carbocycles. The van der Waals surface area contributed by atoms with E-state index < -0.39 is 5.54 Å². The van der Waals surface area contributed by atoms with Crippen molar-refractivity contribution in [2.75, 3.05) is 0 Å².